The second-order valence-corrected chi connectivity index (χ2v) is 11.4. The van der Waals surface area contributed by atoms with Gasteiger partial charge in [-0.05, 0) is 54.2 Å². The number of nitrogens with zero attached hydrogens (tertiary/aromatic N) is 1. The number of nitrogens with one attached hydrogen (secondary N) is 1. The van der Waals surface area contributed by atoms with Gasteiger partial charge in [0.25, 0.3) is 0 Å². The minimum Gasteiger partial charge on any atom is -0.507 e. The lowest BCUT2D eigenvalue weighted by atomic mass is 9.67. The second-order valence-electron chi connectivity index (χ2n) is 10.5. The molecule has 4 nitrogen and oxygen atoms in total. The van der Waals surface area contributed by atoms with Crippen LogP contribution in [0.25, 0.3) is 5.76 Å². The van der Waals surface area contributed by atoms with Gasteiger partial charge in [-0.1, -0.05) is 85.6 Å². The maximum atomic E-state index is 13.9. The summed E-state index contributed by atoms with van der Waals surface area (Å²) in [6, 6.07) is 22.1. The maximum Gasteiger partial charge on any atom is 0.162 e. The predicted molar refractivity (Wildman–Crippen MR) is 152 cm³/mol. The molecule has 3 aromatic carbocycles. The minimum absolute atomic E-state index is 0.0141. The summed E-state index contributed by atoms with van der Waals surface area (Å²) >= 11 is 12.7. The number of benzene rings is 3. The molecule has 0 fully saturated rings. The second kappa shape index (κ2) is 9.51. The van der Waals surface area contributed by atoms with Gasteiger partial charge in [-0.25, -0.2) is 0 Å². The monoisotopic (exact) mass is 530 g/mol. The molecular weight excluding hydrogens is 503 g/mol. The van der Waals surface area contributed by atoms with Crippen LogP contribution in [0, 0.1) is 17.7 Å². The van der Waals surface area contributed by atoms with Gasteiger partial charge >= 0.3 is 0 Å². The number of carbonyl (C=O) groups excluding carboxylic acids is 1. The lowest BCUT2D eigenvalue weighted by molar-refractivity contribution is -0.118. The van der Waals surface area contributed by atoms with Gasteiger partial charge in [0.15, 0.2) is 5.78 Å². The number of ketones is 1. The maximum absolute atomic E-state index is 13.9. The molecule has 0 saturated carbocycles. The van der Waals surface area contributed by atoms with Crippen molar-refractivity contribution in [1.82, 2.24) is 0 Å². The van der Waals surface area contributed by atoms with E-state index in [4.69, 9.17) is 23.2 Å². The predicted octanol–water partition coefficient (Wildman–Crippen LogP) is 8.50. The first kappa shape index (κ1) is 25.3. The van der Waals surface area contributed by atoms with Crippen LogP contribution in [0.3, 0.4) is 0 Å². The van der Waals surface area contributed by atoms with Crippen molar-refractivity contribution in [3.63, 3.8) is 0 Å². The summed E-state index contributed by atoms with van der Waals surface area (Å²) < 4.78 is 0. The standard InChI is InChI=1S/C31H28Cl2N2O2/c1-18-9-14-22(15-23(18)33)35-24-16-31(2,3)17-25(36)27(24)26(19-10-12-21(32)13-11-19)28(30(35)34)29(37)20-7-5-4-6-8-20/h4-15,26,34,37H,16-17H2,1-3H3/b29-28+,34-30?. The van der Waals surface area contributed by atoms with Crippen molar-refractivity contribution in [2.45, 2.75) is 39.5 Å². The molecule has 1 aliphatic heterocycles. The molecule has 0 spiro atoms. The molecule has 0 radical (unpaired) electrons. The van der Waals surface area contributed by atoms with Crippen LogP contribution in [0.15, 0.2) is 89.6 Å². The normalized spacial score (nSPS) is 20.7. The first-order valence-corrected chi connectivity index (χ1v) is 13.0. The molecular formula is C31H28Cl2N2O2. The molecule has 0 bridgehead atoms. The van der Waals surface area contributed by atoms with Crippen molar-refractivity contribution in [1.29, 1.82) is 5.41 Å². The summed E-state index contributed by atoms with van der Waals surface area (Å²) in [4.78, 5) is 15.7. The Balaban J connectivity index is 1.86. The highest BCUT2D eigenvalue weighted by molar-refractivity contribution is 6.32. The lowest BCUT2D eigenvalue weighted by Crippen LogP contribution is -2.45. The van der Waals surface area contributed by atoms with Crippen LogP contribution in [0.1, 0.15) is 49.3 Å². The number of allylic oxidation sites excluding steroid dienone is 2. The van der Waals surface area contributed by atoms with Crippen molar-refractivity contribution in [3.05, 3.63) is 116 Å². The summed E-state index contributed by atoms with van der Waals surface area (Å²) in [5, 5.41) is 22.3. The van der Waals surface area contributed by atoms with Gasteiger partial charge in [0.05, 0.1) is 0 Å². The molecule has 1 aliphatic carbocycles. The highest BCUT2D eigenvalue weighted by Crippen LogP contribution is 2.51. The largest absolute Gasteiger partial charge is 0.507 e. The third kappa shape index (κ3) is 4.60. The van der Waals surface area contributed by atoms with Crippen LogP contribution in [0.4, 0.5) is 5.69 Å². The SMILES string of the molecule is Cc1ccc(N2C(=N)/C(=C(/O)c3ccccc3)C(c3ccc(Cl)cc3)C3=C2CC(C)(C)CC3=O)cc1Cl. The average Bonchev–Trinajstić information content (AvgIpc) is 2.85. The molecule has 5 rings (SSSR count). The van der Waals surface area contributed by atoms with Gasteiger partial charge in [-0.3, -0.25) is 15.1 Å². The van der Waals surface area contributed by atoms with Gasteiger partial charge in [0, 0.05) is 50.5 Å². The molecule has 1 unspecified atom stereocenters. The number of halogens is 2. The highest BCUT2D eigenvalue weighted by Gasteiger charge is 2.46. The minimum atomic E-state index is -0.610. The van der Waals surface area contributed by atoms with E-state index in [1.165, 1.54) is 0 Å². The Morgan fingerprint density at radius 3 is 2.32 bits per heavy atom. The highest BCUT2D eigenvalue weighted by atomic mass is 35.5. The van der Waals surface area contributed by atoms with Crippen molar-refractivity contribution >= 4 is 46.3 Å². The Hall–Kier alpha value is -3.34. The van der Waals surface area contributed by atoms with Gasteiger partial charge in [-0.2, -0.15) is 0 Å². The van der Waals surface area contributed by atoms with Crippen molar-refractivity contribution in [3.8, 4) is 0 Å². The number of anilines is 1. The molecule has 1 atom stereocenters. The molecule has 188 valence electrons. The number of amidine groups is 1. The van der Waals surface area contributed by atoms with Crippen molar-refractivity contribution in [2.24, 2.45) is 5.41 Å². The fourth-order valence-electron chi connectivity index (χ4n) is 5.36. The zero-order valence-corrected chi connectivity index (χ0v) is 22.5. The van der Waals surface area contributed by atoms with E-state index in [2.05, 4.69) is 13.8 Å². The topological polar surface area (TPSA) is 64.4 Å². The fraction of sp³-hybridized carbons (Fsp3) is 0.226. The smallest absolute Gasteiger partial charge is 0.162 e. The van der Waals surface area contributed by atoms with E-state index in [0.29, 0.717) is 45.3 Å². The summed E-state index contributed by atoms with van der Waals surface area (Å²) in [7, 11) is 0. The number of hydrogen-bond donors (Lipinski definition) is 2. The number of rotatable bonds is 3. The Labute approximate surface area is 227 Å². The lowest BCUT2D eigenvalue weighted by Gasteiger charge is -2.45. The van der Waals surface area contributed by atoms with E-state index in [1.807, 2.05) is 55.5 Å². The van der Waals surface area contributed by atoms with E-state index in [9.17, 15) is 15.3 Å². The zero-order valence-electron chi connectivity index (χ0n) is 21.0. The molecule has 6 heteroatoms. The van der Waals surface area contributed by atoms with E-state index >= 15 is 0 Å². The summed E-state index contributed by atoms with van der Waals surface area (Å²) in [5.74, 6) is -0.510. The Morgan fingerprint density at radius 2 is 1.68 bits per heavy atom. The van der Waals surface area contributed by atoms with E-state index in [1.54, 1.807) is 29.2 Å². The number of aryl methyl sites for hydroxylation is 1. The van der Waals surface area contributed by atoms with Crippen LogP contribution in [-0.2, 0) is 4.79 Å². The number of Topliss-reactive ketones (excluding diaryl/α,β-unsaturated/α-hetero) is 1. The van der Waals surface area contributed by atoms with Crippen LogP contribution in [0.5, 0.6) is 0 Å². The molecule has 1 heterocycles. The number of aliphatic hydroxyl groups is 1. The summed E-state index contributed by atoms with van der Waals surface area (Å²) in [6.45, 7) is 6.07. The third-order valence-electron chi connectivity index (χ3n) is 7.14. The van der Waals surface area contributed by atoms with Crippen molar-refractivity contribution < 1.29 is 9.90 Å². The summed E-state index contributed by atoms with van der Waals surface area (Å²) in [5.41, 5.74) is 4.46. The first-order valence-electron chi connectivity index (χ1n) is 12.2. The molecule has 2 N–H and O–H groups in total. The van der Waals surface area contributed by atoms with Gasteiger partial charge in [0.1, 0.15) is 11.6 Å². The molecule has 0 saturated heterocycles. The van der Waals surface area contributed by atoms with Crippen LogP contribution in [0.2, 0.25) is 10.0 Å². The number of aliphatic hydroxyl groups excluding tert-OH is 1. The summed E-state index contributed by atoms with van der Waals surface area (Å²) in [6.07, 6.45) is 0.983. The molecule has 0 aromatic heterocycles. The molecule has 0 amide bonds. The average molecular weight is 531 g/mol. The van der Waals surface area contributed by atoms with E-state index in [0.717, 1.165) is 16.8 Å². The molecule has 37 heavy (non-hydrogen) atoms. The third-order valence-corrected chi connectivity index (χ3v) is 7.80. The van der Waals surface area contributed by atoms with E-state index < -0.39 is 5.92 Å². The van der Waals surface area contributed by atoms with Gasteiger partial charge in [0.2, 0.25) is 0 Å². The number of hydrogen-bond acceptors (Lipinski definition) is 3. The Morgan fingerprint density at radius 1 is 1.00 bits per heavy atom. The van der Waals surface area contributed by atoms with Crippen molar-refractivity contribution in [2.75, 3.05) is 4.90 Å². The van der Waals surface area contributed by atoms with Crippen LogP contribution < -0.4 is 4.90 Å². The van der Waals surface area contributed by atoms with Gasteiger partial charge in [-0.15, -0.1) is 0 Å². The fourth-order valence-corrected chi connectivity index (χ4v) is 5.66. The quantitative estimate of drug-likeness (QED) is 0.333. The molecule has 2 aliphatic rings. The van der Waals surface area contributed by atoms with E-state index in [-0.39, 0.29) is 22.8 Å². The van der Waals surface area contributed by atoms with Gasteiger partial charge < -0.3 is 5.11 Å². The first-order chi connectivity index (χ1) is 17.6. The van der Waals surface area contributed by atoms with Crippen LogP contribution in [-0.4, -0.2) is 16.7 Å². The number of carbonyl (C=O) groups is 1. The Bertz CT molecular complexity index is 1470. The Kier molecular flexibility index (Phi) is 6.51. The van der Waals surface area contributed by atoms with Crippen LogP contribution >= 0.6 is 23.2 Å². The molecule has 3 aromatic rings. The zero-order chi connectivity index (χ0) is 26.5.